The molecule has 0 saturated carbocycles. The largest absolute Gasteiger partial charge is 0.293 e. The third-order valence-corrected chi connectivity index (χ3v) is 3.00. The average Bonchev–Trinajstić information content (AvgIpc) is 2.57. The number of benzene rings is 1. The number of allylic oxidation sites excluding steroid dienone is 2. The van der Waals surface area contributed by atoms with Crippen LogP contribution in [0.2, 0.25) is 0 Å². The van der Waals surface area contributed by atoms with Crippen LogP contribution in [0.3, 0.4) is 0 Å². The van der Waals surface area contributed by atoms with Crippen molar-refractivity contribution in [3.05, 3.63) is 48.0 Å². The topological polar surface area (TPSA) is 40.9 Å². The van der Waals surface area contributed by atoms with Gasteiger partial charge < -0.3 is 0 Å². The van der Waals surface area contributed by atoms with Gasteiger partial charge in [0, 0.05) is 5.41 Å². The molecule has 2 nitrogen and oxygen atoms in total. The van der Waals surface area contributed by atoms with E-state index in [2.05, 4.69) is 6.07 Å². The van der Waals surface area contributed by atoms with Gasteiger partial charge in [-0.3, -0.25) is 4.79 Å². The number of hydrogen-bond donors (Lipinski definition) is 0. The molecule has 0 spiro atoms. The van der Waals surface area contributed by atoms with Crippen LogP contribution in [0.4, 0.5) is 0 Å². The van der Waals surface area contributed by atoms with Crippen LogP contribution in [0.15, 0.2) is 42.5 Å². The summed E-state index contributed by atoms with van der Waals surface area (Å²) in [7, 11) is 0. The number of hydrogen-bond acceptors (Lipinski definition) is 2. The Morgan fingerprint density at radius 2 is 2.00 bits per heavy atom. The van der Waals surface area contributed by atoms with Crippen LogP contribution in [0.5, 0.6) is 0 Å². The van der Waals surface area contributed by atoms with Gasteiger partial charge in [0.1, 0.15) is 5.92 Å². The number of nitriles is 1. The lowest BCUT2D eigenvalue weighted by Crippen LogP contribution is -2.29. The third kappa shape index (κ3) is 1.37. The molecule has 0 aliphatic heterocycles. The highest BCUT2D eigenvalue weighted by molar-refractivity contribution is 5.98. The van der Waals surface area contributed by atoms with Crippen LogP contribution >= 0.6 is 0 Å². The van der Waals surface area contributed by atoms with E-state index in [9.17, 15) is 4.79 Å². The molecule has 0 fully saturated rings. The van der Waals surface area contributed by atoms with Gasteiger partial charge >= 0.3 is 0 Å². The summed E-state index contributed by atoms with van der Waals surface area (Å²) in [5.41, 5.74) is 0.547. The first-order valence-corrected chi connectivity index (χ1v) is 4.87. The van der Waals surface area contributed by atoms with E-state index in [4.69, 9.17) is 5.26 Å². The Morgan fingerprint density at radius 3 is 2.60 bits per heavy atom. The fraction of sp³-hybridized carbons (Fsp3) is 0.231. The summed E-state index contributed by atoms with van der Waals surface area (Å²) in [6.07, 6.45) is 3.35. The van der Waals surface area contributed by atoms with Gasteiger partial charge in [-0.2, -0.15) is 5.26 Å². The minimum atomic E-state index is -0.583. The predicted octanol–water partition coefficient (Wildman–Crippen LogP) is 2.22. The molecule has 1 aliphatic carbocycles. The molecule has 0 aromatic heterocycles. The molecule has 0 bridgehead atoms. The highest BCUT2D eigenvalue weighted by Crippen LogP contribution is 2.38. The van der Waals surface area contributed by atoms with Crippen LogP contribution in [0, 0.1) is 17.2 Å². The van der Waals surface area contributed by atoms with Gasteiger partial charge in [-0.15, -0.1) is 0 Å². The minimum absolute atomic E-state index is 0.0937. The van der Waals surface area contributed by atoms with Crippen molar-refractivity contribution in [1.82, 2.24) is 0 Å². The van der Waals surface area contributed by atoms with Gasteiger partial charge in [-0.05, 0) is 11.6 Å². The SMILES string of the molecule is C[C@@]1(c2ccccc2)C=CC(=O)C1C#N. The van der Waals surface area contributed by atoms with E-state index in [0.29, 0.717) is 0 Å². The zero-order valence-corrected chi connectivity index (χ0v) is 8.47. The first-order chi connectivity index (χ1) is 7.18. The summed E-state index contributed by atoms with van der Waals surface area (Å²) in [5.74, 6) is -0.677. The zero-order valence-electron chi connectivity index (χ0n) is 8.47. The Bertz CT molecular complexity index is 455. The maximum Gasteiger partial charge on any atom is 0.173 e. The molecular weight excluding hydrogens is 186 g/mol. The molecule has 74 valence electrons. The maximum absolute atomic E-state index is 11.5. The van der Waals surface area contributed by atoms with Crippen molar-refractivity contribution in [2.24, 2.45) is 5.92 Å². The number of ketones is 1. The van der Waals surface area contributed by atoms with Gasteiger partial charge in [-0.25, -0.2) is 0 Å². The van der Waals surface area contributed by atoms with Crippen molar-refractivity contribution in [3.63, 3.8) is 0 Å². The molecule has 0 heterocycles. The molecule has 2 rings (SSSR count). The molecule has 0 amide bonds. The van der Waals surface area contributed by atoms with Crippen molar-refractivity contribution in [2.45, 2.75) is 12.3 Å². The van der Waals surface area contributed by atoms with Crippen molar-refractivity contribution in [2.75, 3.05) is 0 Å². The normalized spacial score (nSPS) is 29.1. The Kier molecular flexibility index (Phi) is 2.17. The molecule has 0 saturated heterocycles. The first-order valence-electron chi connectivity index (χ1n) is 4.87. The highest BCUT2D eigenvalue weighted by atomic mass is 16.1. The molecule has 1 aromatic carbocycles. The van der Waals surface area contributed by atoms with Crippen LogP contribution in [0.1, 0.15) is 12.5 Å². The molecule has 1 unspecified atom stereocenters. The summed E-state index contributed by atoms with van der Waals surface area (Å²) >= 11 is 0. The van der Waals surface area contributed by atoms with Gasteiger partial charge in [0.05, 0.1) is 6.07 Å². The van der Waals surface area contributed by atoms with Gasteiger partial charge in [-0.1, -0.05) is 43.3 Å². The number of nitrogens with zero attached hydrogens (tertiary/aromatic N) is 1. The highest BCUT2D eigenvalue weighted by Gasteiger charge is 2.41. The summed E-state index contributed by atoms with van der Waals surface area (Å²) in [6.45, 7) is 1.93. The Balaban J connectivity index is 2.49. The van der Waals surface area contributed by atoms with Gasteiger partial charge in [0.15, 0.2) is 5.78 Å². The molecule has 15 heavy (non-hydrogen) atoms. The predicted molar refractivity (Wildman–Crippen MR) is 57.0 cm³/mol. The van der Waals surface area contributed by atoms with E-state index in [-0.39, 0.29) is 5.78 Å². The second kappa shape index (κ2) is 3.36. The quantitative estimate of drug-likeness (QED) is 0.692. The lowest BCUT2D eigenvalue weighted by Gasteiger charge is -2.25. The molecule has 2 heteroatoms. The maximum atomic E-state index is 11.5. The third-order valence-electron chi connectivity index (χ3n) is 3.00. The summed E-state index contributed by atoms with van der Waals surface area (Å²) in [6, 6.07) is 11.8. The summed E-state index contributed by atoms with van der Waals surface area (Å²) in [5, 5.41) is 9.02. The average molecular weight is 197 g/mol. The monoisotopic (exact) mass is 197 g/mol. The van der Waals surface area contributed by atoms with Crippen LogP contribution < -0.4 is 0 Å². The molecular formula is C13H11NO. The molecule has 0 radical (unpaired) electrons. The van der Waals surface area contributed by atoms with E-state index in [0.717, 1.165) is 5.56 Å². The summed E-state index contributed by atoms with van der Waals surface area (Å²) < 4.78 is 0. The second-order valence-electron chi connectivity index (χ2n) is 3.95. The van der Waals surface area contributed by atoms with E-state index < -0.39 is 11.3 Å². The smallest absolute Gasteiger partial charge is 0.173 e. The van der Waals surface area contributed by atoms with Crippen molar-refractivity contribution in [3.8, 4) is 6.07 Å². The van der Waals surface area contributed by atoms with Crippen molar-refractivity contribution < 1.29 is 4.79 Å². The first kappa shape index (κ1) is 9.67. The van der Waals surface area contributed by atoms with Crippen molar-refractivity contribution in [1.29, 1.82) is 5.26 Å². The van der Waals surface area contributed by atoms with E-state index >= 15 is 0 Å². The number of carbonyl (C=O) groups is 1. The Morgan fingerprint density at radius 1 is 1.33 bits per heavy atom. The fourth-order valence-corrected chi connectivity index (χ4v) is 2.00. The Hall–Kier alpha value is -1.88. The zero-order chi connectivity index (χ0) is 10.9. The van der Waals surface area contributed by atoms with Crippen LogP contribution in [-0.4, -0.2) is 5.78 Å². The number of carbonyl (C=O) groups excluding carboxylic acids is 1. The second-order valence-corrected chi connectivity index (χ2v) is 3.95. The number of rotatable bonds is 1. The molecule has 1 aromatic rings. The van der Waals surface area contributed by atoms with Gasteiger partial charge in [0.2, 0.25) is 0 Å². The van der Waals surface area contributed by atoms with E-state index in [1.54, 1.807) is 0 Å². The van der Waals surface area contributed by atoms with Crippen LogP contribution in [-0.2, 0) is 10.2 Å². The fourth-order valence-electron chi connectivity index (χ4n) is 2.00. The minimum Gasteiger partial charge on any atom is -0.293 e. The van der Waals surface area contributed by atoms with E-state index in [1.807, 2.05) is 43.3 Å². The van der Waals surface area contributed by atoms with E-state index in [1.165, 1.54) is 6.08 Å². The molecule has 0 N–H and O–H groups in total. The molecule has 2 atom stereocenters. The van der Waals surface area contributed by atoms with Crippen LogP contribution in [0.25, 0.3) is 0 Å². The molecule has 1 aliphatic rings. The van der Waals surface area contributed by atoms with Gasteiger partial charge in [0.25, 0.3) is 0 Å². The lowest BCUT2D eigenvalue weighted by atomic mass is 9.75. The van der Waals surface area contributed by atoms with Crippen molar-refractivity contribution >= 4 is 5.78 Å². The standard InChI is InChI=1S/C13H11NO/c1-13(10-5-3-2-4-6-10)8-7-12(15)11(13)9-14/h2-8,11H,1H3/t11?,13-/m0/s1. The summed E-state index contributed by atoms with van der Waals surface area (Å²) in [4.78, 5) is 11.5. The Labute approximate surface area is 88.8 Å². The lowest BCUT2D eigenvalue weighted by molar-refractivity contribution is -0.116.